The van der Waals surface area contributed by atoms with E-state index in [9.17, 15) is 4.39 Å². The fourth-order valence-electron chi connectivity index (χ4n) is 2.27. The number of nitrogens with zero attached hydrogens (tertiary/aromatic N) is 3. The molecule has 2 heterocycles. The van der Waals surface area contributed by atoms with Crippen molar-refractivity contribution in [3.8, 4) is 11.4 Å². The van der Waals surface area contributed by atoms with E-state index in [1.807, 2.05) is 0 Å². The lowest BCUT2D eigenvalue weighted by Crippen LogP contribution is -2.40. The number of rotatable bonds is 2. The molecular weight excluding hydrogens is 281 g/mol. The zero-order chi connectivity index (χ0) is 14.1. The van der Waals surface area contributed by atoms with Crippen LogP contribution in [0.4, 0.5) is 10.3 Å². The van der Waals surface area contributed by atoms with Gasteiger partial charge >= 0.3 is 0 Å². The average molecular weight is 296 g/mol. The predicted molar refractivity (Wildman–Crippen MR) is 76.2 cm³/mol. The molecule has 106 valence electrons. The van der Waals surface area contributed by atoms with Crippen molar-refractivity contribution in [1.29, 1.82) is 0 Å². The lowest BCUT2D eigenvalue weighted by molar-refractivity contribution is 0.496. The second-order valence-corrected chi connectivity index (χ2v) is 5.34. The molecule has 0 bridgehead atoms. The molecular formula is C13H15ClFN5. The Balaban J connectivity index is 1.81. The minimum Gasteiger partial charge on any atom is -0.339 e. The van der Waals surface area contributed by atoms with Gasteiger partial charge in [-0.1, -0.05) is 11.6 Å². The zero-order valence-electron chi connectivity index (χ0n) is 10.8. The number of nitrogens with two attached hydrogens (primary N) is 1. The summed E-state index contributed by atoms with van der Waals surface area (Å²) in [6.45, 7) is 1.70. The van der Waals surface area contributed by atoms with Gasteiger partial charge in [0.15, 0.2) is 5.82 Å². The minimum atomic E-state index is -0.444. The van der Waals surface area contributed by atoms with Crippen LogP contribution in [0.5, 0.6) is 0 Å². The van der Waals surface area contributed by atoms with E-state index in [2.05, 4.69) is 20.1 Å². The highest BCUT2D eigenvalue weighted by atomic mass is 35.5. The molecule has 0 unspecified atom stereocenters. The second kappa shape index (κ2) is 5.38. The summed E-state index contributed by atoms with van der Waals surface area (Å²) in [6.07, 6.45) is 1.87. The fraction of sp³-hybridized carbons (Fsp3) is 0.385. The molecule has 1 aromatic heterocycles. The van der Waals surface area contributed by atoms with Crippen LogP contribution < -0.4 is 10.6 Å². The SMILES string of the molecule is NC1CCN(c2n[nH]c(-c3ccc(F)c(Cl)c3)n2)CC1. The summed E-state index contributed by atoms with van der Waals surface area (Å²) < 4.78 is 13.1. The third-order valence-corrected chi connectivity index (χ3v) is 3.78. The number of H-pyrrole nitrogens is 1. The molecule has 1 aliphatic heterocycles. The Bertz CT molecular complexity index is 607. The maximum Gasteiger partial charge on any atom is 0.245 e. The van der Waals surface area contributed by atoms with Crippen molar-refractivity contribution >= 4 is 17.5 Å². The van der Waals surface area contributed by atoms with E-state index in [0.29, 0.717) is 17.3 Å². The number of piperidine rings is 1. The molecule has 0 atom stereocenters. The number of benzene rings is 1. The zero-order valence-corrected chi connectivity index (χ0v) is 11.6. The molecule has 0 amide bonds. The van der Waals surface area contributed by atoms with E-state index in [4.69, 9.17) is 17.3 Å². The Kier molecular flexibility index (Phi) is 3.58. The number of anilines is 1. The first-order valence-electron chi connectivity index (χ1n) is 6.52. The number of hydrogen-bond acceptors (Lipinski definition) is 4. The van der Waals surface area contributed by atoms with Crippen molar-refractivity contribution in [2.75, 3.05) is 18.0 Å². The van der Waals surface area contributed by atoms with Gasteiger partial charge in [0.2, 0.25) is 5.95 Å². The van der Waals surface area contributed by atoms with Gasteiger partial charge in [0.05, 0.1) is 5.02 Å². The standard InChI is InChI=1S/C13H15ClFN5/c14-10-7-8(1-2-11(10)15)12-17-13(19-18-12)20-5-3-9(16)4-6-20/h1-2,7,9H,3-6,16H2,(H,17,18,19). The Morgan fingerprint density at radius 3 is 2.80 bits per heavy atom. The van der Waals surface area contributed by atoms with Gasteiger partial charge in [-0.2, -0.15) is 4.98 Å². The van der Waals surface area contributed by atoms with Gasteiger partial charge in [-0.05, 0) is 31.0 Å². The van der Waals surface area contributed by atoms with Crippen molar-refractivity contribution in [1.82, 2.24) is 15.2 Å². The quantitative estimate of drug-likeness (QED) is 0.891. The van der Waals surface area contributed by atoms with Crippen molar-refractivity contribution in [3.63, 3.8) is 0 Å². The first-order valence-corrected chi connectivity index (χ1v) is 6.89. The molecule has 1 aliphatic rings. The molecule has 3 N–H and O–H groups in total. The third-order valence-electron chi connectivity index (χ3n) is 3.49. The Morgan fingerprint density at radius 1 is 1.35 bits per heavy atom. The molecule has 20 heavy (non-hydrogen) atoms. The van der Waals surface area contributed by atoms with E-state index in [1.165, 1.54) is 12.1 Å². The number of aromatic amines is 1. The molecule has 0 radical (unpaired) electrons. The minimum absolute atomic E-state index is 0.0735. The maximum absolute atomic E-state index is 13.1. The molecule has 3 rings (SSSR count). The van der Waals surface area contributed by atoms with Crippen LogP contribution in [0.25, 0.3) is 11.4 Å². The van der Waals surface area contributed by atoms with E-state index < -0.39 is 5.82 Å². The van der Waals surface area contributed by atoms with Crippen molar-refractivity contribution < 1.29 is 4.39 Å². The van der Waals surface area contributed by atoms with E-state index in [1.54, 1.807) is 6.07 Å². The first-order chi connectivity index (χ1) is 9.63. The van der Waals surface area contributed by atoms with Gasteiger partial charge < -0.3 is 10.6 Å². The summed E-state index contributed by atoms with van der Waals surface area (Å²) in [5.74, 6) is 0.782. The maximum atomic E-state index is 13.1. The summed E-state index contributed by atoms with van der Waals surface area (Å²) in [7, 11) is 0. The van der Waals surface area contributed by atoms with E-state index in [-0.39, 0.29) is 11.1 Å². The van der Waals surface area contributed by atoms with Gasteiger partial charge in [0.25, 0.3) is 0 Å². The topological polar surface area (TPSA) is 70.8 Å². The summed E-state index contributed by atoms with van der Waals surface area (Å²) in [5, 5.41) is 7.14. The smallest absolute Gasteiger partial charge is 0.245 e. The van der Waals surface area contributed by atoms with Gasteiger partial charge in [-0.3, -0.25) is 5.10 Å². The second-order valence-electron chi connectivity index (χ2n) is 4.94. The van der Waals surface area contributed by atoms with Crippen LogP contribution in [0.3, 0.4) is 0 Å². The highest BCUT2D eigenvalue weighted by Crippen LogP contribution is 2.24. The van der Waals surface area contributed by atoms with E-state index in [0.717, 1.165) is 25.9 Å². The molecule has 1 fully saturated rings. The highest BCUT2D eigenvalue weighted by Gasteiger charge is 2.19. The number of aromatic nitrogens is 3. The van der Waals surface area contributed by atoms with Crippen LogP contribution in [0, 0.1) is 5.82 Å². The number of nitrogens with one attached hydrogen (secondary N) is 1. The third kappa shape index (κ3) is 2.62. The van der Waals surface area contributed by atoms with Crippen molar-refractivity contribution in [3.05, 3.63) is 29.0 Å². The summed E-state index contributed by atoms with van der Waals surface area (Å²) in [5.41, 5.74) is 6.59. The van der Waals surface area contributed by atoms with E-state index >= 15 is 0 Å². The summed E-state index contributed by atoms with van der Waals surface area (Å²) in [4.78, 5) is 6.53. The number of hydrogen-bond donors (Lipinski definition) is 2. The normalized spacial score (nSPS) is 16.6. The highest BCUT2D eigenvalue weighted by molar-refractivity contribution is 6.31. The average Bonchev–Trinajstić information content (AvgIpc) is 2.92. The molecule has 1 saturated heterocycles. The van der Waals surface area contributed by atoms with Crippen LogP contribution in [-0.4, -0.2) is 34.3 Å². The fourth-order valence-corrected chi connectivity index (χ4v) is 2.45. The van der Waals surface area contributed by atoms with Gasteiger partial charge in [0, 0.05) is 24.7 Å². The molecule has 1 aromatic carbocycles. The van der Waals surface area contributed by atoms with Crippen LogP contribution in [-0.2, 0) is 0 Å². The van der Waals surface area contributed by atoms with Crippen molar-refractivity contribution in [2.45, 2.75) is 18.9 Å². The summed E-state index contributed by atoms with van der Waals surface area (Å²) >= 11 is 5.77. The molecule has 5 nitrogen and oxygen atoms in total. The van der Waals surface area contributed by atoms with Gasteiger partial charge in [-0.25, -0.2) is 4.39 Å². The Labute approximate surface area is 120 Å². The van der Waals surface area contributed by atoms with Gasteiger partial charge in [-0.15, -0.1) is 5.10 Å². The van der Waals surface area contributed by atoms with Crippen LogP contribution in [0.1, 0.15) is 12.8 Å². The molecule has 0 aliphatic carbocycles. The molecule has 0 saturated carbocycles. The lowest BCUT2D eigenvalue weighted by atomic mass is 10.1. The number of halogens is 2. The summed E-state index contributed by atoms with van der Waals surface area (Å²) in [6, 6.07) is 4.74. The monoisotopic (exact) mass is 295 g/mol. The molecule has 0 spiro atoms. The lowest BCUT2D eigenvalue weighted by Gasteiger charge is -2.28. The Hall–Kier alpha value is -1.66. The molecule has 7 heteroatoms. The largest absolute Gasteiger partial charge is 0.339 e. The van der Waals surface area contributed by atoms with Crippen LogP contribution in [0.2, 0.25) is 5.02 Å². The van der Waals surface area contributed by atoms with Crippen LogP contribution >= 0.6 is 11.6 Å². The van der Waals surface area contributed by atoms with Gasteiger partial charge in [0.1, 0.15) is 5.82 Å². The molecule has 2 aromatic rings. The Morgan fingerprint density at radius 2 is 2.10 bits per heavy atom. The predicted octanol–water partition coefficient (Wildman–Crippen LogP) is 2.19. The first kappa shape index (κ1) is 13.3. The van der Waals surface area contributed by atoms with Crippen LogP contribution in [0.15, 0.2) is 18.2 Å². The van der Waals surface area contributed by atoms with Crippen molar-refractivity contribution in [2.24, 2.45) is 5.73 Å².